The van der Waals surface area contributed by atoms with Gasteiger partial charge in [-0.1, -0.05) is 24.6 Å². The van der Waals surface area contributed by atoms with Crippen LogP contribution in [-0.4, -0.2) is 5.91 Å². The van der Waals surface area contributed by atoms with E-state index in [0.29, 0.717) is 11.4 Å². The molecule has 3 nitrogen and oxygen atoms in total. The Hall–Kier alpha value is -1.06. The summed E-state index contributed by atoms with van der Waals surface area (Å²) in [6.45, 7) is 3.94. The standard InChI is InChI=1S/C12H15ClN2O/c1-3-9(14)8-4-7-5-10(16)15-12(7)6(2)11(8)13/h4,9H,3,5,14H2,1-2H3,(H,15,16). The van der Waals surface area contributed by atoms with Crippen LogP contribution in [0.1, 0.15) is 36.1 Å². The zero-order valence-electron chi connectivity index (χ0n) is 9.43. The number of anilines is 1. The van der Waals surface area contributed by atoms with Gasteiger partial charge in [-0.25, -0.2) is 0 Å². The lowest BCUT2D eigenvalue weighted by molar-refractivity contribution is -0.115. The minimum Gasteiger partial charge on any atom is -0.325 e. The molecule has 1 atom stereocenters. The van der Waals surface area contributed by atoms with Gasteiger partial charge in [0.05, 0.1) is 11.4 Å². The molecule has 0 bridgehead atoms. The lowest BCUT2D eigenvalue weighted by atomic mass is 9.98. The van der Waals surface area contributed by atoms with Crippen LogP contribution < -0.4 is 11.1 Å². The summed E-state index contributed by atoms with van der Waals surface area (Å²) in [5, 5.41) is 3.50. The van der Waals surface area contributed by atoms with E-state index in [-0.39, 0.29) is 11.9 Å². The molecule has 3 N–H and O–H groups in total. The van der Waals surface area contributed by atoms with Crippen LogP contribution in [0, 0.1) is 6.92 Å². The average molecular weight is 239 g/mol. The molecule has 1 aromatic carbocycles. The van der Waals surface area contributed by atoms with E-state index in [9.17, 15) is 4.79 Å². The van der Waals surface area contributed by atoms with Gasteiger partial charge in [0.15, 0.2) is 0 Å². The highest BCUT2D eigenvalue weighted by molar-refractivity contribution is 6.33. The third-order valence-corrected chi connectivity index (χ3v) is 3.56. The molecule has 1 aliphatic heterocycles. The number of nitrogens with two attached hydrogens (primary N) is 1. The van der Waals surface area contributed by atoms with Gasteiger partial charge in [-0.05, 0) is 30.0 Å². The topological polar surface area (TPSA) is 55.1 Å². The first kappa shape index (κ1) is 11.4. The fourth-order valence-electron chi connectivity index (χ4n) is 2.05. The van der Waals surface area contributed by atoms with E-state index in [0.717, 1.165) is 28.8 Å². The van der Waals surface area contributed by atoms with Crippen molar-refractivity contribution in [1.82, 2.24) is 0 Å². The summed E-state index contributed by atoms with van der Waals surface area (Å²) in [4.78, 5) is 11.3. The Morgan fingerprint density at radius 3 is 2.94 bits per heavy atom. The van der Waals surface area contributed by atoms with Gasteiger partial charge < -0.3 is 11.1 Å². The van der Waals surface area contributed by atoms with Crippen molar-refractivity contribution in [2.75, 3.05) is 5.32 Å². The summed E-state index contributed by atoms with van der Waals surface area (Å²) in [7, 11) is 0. The lowest BCUT2D eigenvalue weighted by Crippen LogP contribution is -2.10. The summed E-state index contributed by atoms with van der Waals surface area (Å²) >= 11 is 6.27. The Kier molecular flexibility index (Phi) is 2.91. The molecule has 2 rings (SSSR count). The van der Waals surface area contributed by atoms with Crippen LogP contribution in [0.25, 0.3) is 0 Å². The van der Waals surface area contributed by atoms with E-state index in [1.807, 2.05) is 19.9 Å². The van der Waals surface area contributed by atoms with E-state index < -0.39 is 0 Å². The molecule has 4 heteroatoms. The van der Waals surface area contributed by atoms with Crippen molar-refractivity contribution in [1.29, 1.82) is 0 Å². The van der Waals surface area contributed by atoms with E-state index in [4.69, 9.17) is 17.3 Å². The van der Waals surface area contributed by atoms with Gasteiger partial charge in [0, 0.05) is 11.7 Å². The minimum absolute atomic E-state index is 0.0244. The second-order valence-electron chi connectivity index (χ2n) is 4.18. The number of halogens is 1. The molecule has 0 aliphatic carbocycles. The maximum atomic E-state index is 11.3. The van der Waals surface area contributed by atoms with Crippen LogP contribution in [-0.2, 0) is 11.2 Å². The van der Waals surface area contributed by atoms with Gasteiger partial charge in [-0.15, -0.1) is 0 Å². The van der Waals surface area contributed by atoms with Crippen LogP contribution in [0.5, 0.6) is 0 Å². The van der Waals surface area contributed by atoms with E-state index in [2.05, 4.69) is 5.32 Å². The summed E-state index contributed by atoms with van der Waals surface area (Å²) < 4.78 is 0. The Bertz CT molecular complexity index is 457. The first-order valence-corrected chi connectivity index (χ1v) is 5.79. The SMILES string of the molecule is CCC(N)c1cc2c(c(C)c1Cl)NC(=O)C2. The number of amides is 1. The first-order valence-electron chi connectivity index (χ1n) is 5.41. The van der Waals surface area contributed by atoms with Crippen molar-refractivity contribution in [3.63, 3.8) is 0 Å². The molecule has 1 aliphatic rings. The number of fused-ring (bicyclic) bond motifs is 1. The highest BCUT2D eigenvalue weighted by atomic mass is 35.5. The zero-order chi connectivity index (χ0) is 11.9. The monoisotopic (exact) mass is 238 g/mol. The number of rotatable bonds is 2. The molecular weight excluding hydrogens is 224 g/mol. The predicted octanol–water partition coefficient (Wildman–Crippen LogP) is 2.55. The quantitative estimate of drug-likeness (QED) is 0.832. The van der Waals surface area contributed by atoms with Gasteiger partial charge in [0.2, 0.25) is 5.91 Å². The van der Waals surface area contributed by atoms with E-state index >= 15 is 0 Å². The van der Waals surface area contributed by atoms with Crippen molar-refractivity contribution in [2.45, 2.75) is 32.7 Å². The molecule has 1 amide bonds. The maximum Gasteiger partial charge on any atom is 0.228 e. The number of carbonyl (C=O) groups excluding carboxylic acids is 1. The molecule has 0 aromatic heterocycles. The van der Waals surface area contributed by atoms with Crippen molar-refractivity contribution < 1.29 is 4.79 Å². The van der Waals surface area contributed by atoms with E-state index in [1.165, 1.54) is 0 Å². The van der Waals surface area contributed by atoms with Crippen LogP contribution in [0.15, 0.2) is 6.07 Å². The third kappa shape index (κ3) is 1.70. The number of carbonyl (C=O) groups is 1. The highest BCUT2D eigenvalue weighted by Gasteiger charge is 2.24. The fourth-order valence-corrected chi connectivity index (χ4v) is 2.34. The molecule has 0 spiro atoms. The Morgan fingerprint density at radius 2 is 2.31 bits per heavy atom. The Morgan fingerprint density at radius 1 is 1.62 bits per heavy atom. The second kappa shape index (κ2) is 4.07. The molecule has 1 heterocycles. The van der Waals surface area contributed by atoms with Crippen molar-refractivity contribution in [3.05, 3.63) is 27.8 Å². The highest BCUT2D eigenvalue weighted by Crippen LogP contribution is 2.37. The summed E-state index contributed by atoms with van der Waals surface area (Å²) in [5.41, 5.74) is 9.73. The molecular formula is C12H15ClN2O. The molecule has 16 heavy (non-hydrogen) atoms. The predicted molar refractivity (Wildman–Crippen MR) is 65.7 cm³/mol. The molecule has 1 unspecified atom stereocenters. The van der Waals surface area contributed by atoms with Gasteiger partial charge in [0.25, 0.3) is 0 Å². The Labute approximate surface area is 100.0 Å². The summed E-state index contributed by atoms with van der Waals surface area (Å²) in [5.74, 6) is 0.0244. The number of hydrogen-bond donors (Lipinski definition) is 2. The molecule has 0 saturated heterocycles. The smallest absolute Gasteiger partial charge is 0.228 e. The van der Waals surface area contributed by atoms with Crippen molar-refractivity contribution >= 4 is 23.2 Å². The molecule has 1 aromatic rings. The fraction of sp³-hybridized carbons (Fsp3) is 0.417. The van der Waals surface area contributed by atoms with Gasteiger partial charge in [-0.2, -0.15) is 0 Å². The average Bonchev–Trinajstić information content (AvgIpc) is 2.63. The van der Waals surface area contributed by atoms with Crippen LogP contribution in [0.2, 0.25) is 5.02 Å². The molecule has 0 radical (unpaired) electrons. The van der Waals surface area contributed by atoms with Crippen LogP contribution >= 0.6 is 11.6 Å². The molecule has 86 valence electrons. The van der Waals surface area contributed by atoms with Gasteiger partial charge in [-0.3, -0.25) is 4.79 Å². The zero-order valence-corrected chi connectivity index (χ0v) is 10.2. The van der Waals surface area contributed by atoms with Crippen LogP contribution in [0.3, 0.4) is 0 Å². The maximum absolute atomic E-state index is 11.3. The minimum atomic E-state index is -0.0628. The number of hydrogen-bond acceptors (Lipinski definition) is 2. The van der Waals surface area contributed by atoms with Crippen LogP contribution in [0.4, 0.5) is 5.69 Å². The van der Waals surface area contributed by atoms with Gasteiger partial charge in [0.1, 0.15) is 0 Å². The first-order chi connectivity index (χ1) is 7.54. The molecule has 0 saturated carbocycles. The largest absolute Gasteiger partial charge is 0.325 e. The van der Waals surface area contributed by atoms with Gasteiger partial charge >= 0.3 is 0 Å². The van der Waals surface area contributed by atoms with Crippen molar-refractivity contribution in [3.8, 4) is 0 Å². The summed E-state index contributed by atoms with van der Waals surface area (Å²) in [6.07, 6.45) is 1.26. The second-order valence-corrected chi connectivity index (χ2v) is 4.56. The number of benzene rings is 1. The summed E-state index contributed by atoms with van der Waals surface area (Å²) in [6, 6.07) is 1.89. The normalized spacial score (nSPS) is 15.9. The van der Waals surface area contributed by atoms with E-state index in [1.54, 1.807) is 0 Å². The molecule has 0 fully saturated rings. The third-order valence-electron chi connectivity index (χ3n) is 3.06. The Balaban J connectivity index is 2.56. The number of nitrogens with one attached hydrogen (secondary N) is 1. The van der Waals surface area contributed by atoms with Crippen molar-refractivity contribution in [2.24, 2.45) is 5.73 Å². The lowest BCUT2D eigenvalue weighted by Gasteiger charge is -2.16.